The van der Waals surface area contributed by atoms with Crippen LogP contribution in [0.1, 0.15) is 104 Å². The van der Waals surface area contributed by atoms with Gasteiger partial charge in [-0.05, 0) is 25.0 Å². The number of urea groups is 1. The second-order valence-electron chi connectivity index (χ2n) is 11.9. The molecule has 0 radical (unpaired) electrons. The number of halogens is 1. The Bertz CT molecular complexity index is 1360. The van der Waals surface area contributed by atoms with Gasteiger partial charge in [0.05, 0.1) is 17.2 Å². The zero-order chi connectivity index (χ0) is 29.9. The molecule has 0 aliphatic heterocycles. The summed E-state index contributed by atoms with van der Waals surface area (Å²) in [5, 5.41) is 13.8. The number of benzene rings is 1. The van der Waals surface area contributed by atoms with Gasteiger partial charge in [0.2, 0.25) is 0 Å². The van der Waals surface area contributed by atoms with E-state index in [-0.39, 0.29) is 23.5 Å². The zero-order valence-electron chi connectivity index (χ0n) is 25.1. The summed E-state index contributed by atoms with van der Waals surface area (Å²) in [7, 11) is -3.10. The Kier molecular flexibility index (Phi) is 12.5. The molecule has 228 valence electrons. The van der Waals surface area contributed by atoms with Gasteiger partial charge in [0.15, 0.2) is 11.5 Å². The van der Waals surface area contributed by atoms with E-state index in [0.29, 0.717) is 35.0 Å². The predicted molar refractivity (Wildman–Crippen MR) is 169 cm³/mol. The van der Waals surface area contributed by atoms with Gasteiger partial charge < -0.3 is 10.6 Å². The molecule has 0 atom stereocenters. The molecule has 11 heteroatoms. The Labute approximate surface area is 250 Å². The summed E-state index contributed by atoms with van der Waals surface area (Å²) in [4.78, 5) is 17.0. The molecule has 0 fully saturated rings. The van der Waals surface area contributed by atoms with E-state index >= 15 is 0 Å². The summed E-state index contributed by atoms with van der Waals surface area (Å²) in [6.45, 7) is 8.69. The molecule has 0 saturated carbocycles. The van der Waals surface area contributed by atoms with Gasteiger partial charge in [-0.1, -0.05) is 109 Å². The second-order valence-corrected chi connectivity index (χ2v) is 14.6. The van der Waals surface area contributed by atoms with E-state index in [9.17, 15) is 13.2 Å². The number of carbonyl (C=O) groups excluding carboxylic acids is 1. The van der Waals surface area contributed by atoms with Crippen molar-refractivity contribution in [1.82, 2.24) is 25.1 Å². The number of fused-ring (bicyclic) bond motifs is 1. The van der Waals surface area contributed by atoms with Gasteiger partial charge in [0.25, 0.3) is 0 Å². The highest BCUT2D eigenvalue weighted by molar-refractivity contribution is 7.91. The van der Waals surface area contributed by atoms with Crippen LogP contribution in [-0.4, -0.2) is 52.3 Å². The fraction of sp³-hybridized carbons (Fsp3) is 0.633. The topological polar surface area (TPSA) is 121 Å². The number of nitrogens with one attached hydrogen (secondary N) is 3. The summed E-state index contributed by atoms with van der Waals surface area (Å²) in [6.07, 6.45) is 12.1. The van der Waals surface area contributed by atoms with E-state index in [4.69, 9.17) is 11.6 Å². The van der Waals surface area contributed by atoms with Crippen molar-refractivity contribution in [3.8, 4) is 11.4 Å². The van der Waals surface area contributed by atoms with Crippen molar-refractivity contribution >= 4 is 38.8 Å². The van der Waals surface area contributed by atoms with E-state index in [1.54, 1.807) is 16.8 Å². The molecule has 9 nitrogen and oxygen atoms in total. The zero-order valence-corrected chi connectivity index (χ0v) is 26.6. The minimum atomic E-state index is -3.10. The van der Waals surface area contributed by atoms with E-state index in [1.807, 2.05) is 12.1 Å². The Morgan fingerprint density at radius 2 is 1.61 bits per heavy atom. The summed E-state index contributed by atoms with van der Waals surface area (Å²) in [5.74, 6) is 0.788. The van der Waals surface area contributed by atoms with Gasteiger partial charge in [0, 0.05) is 23.2 Å². The van der Waals surface area contributed by atoms with Crippen LogP contribution in [0.15, 0.2) is 24.3 Å². The maximum atomic E-state index is 12.4. The molecule has 3 aromatic rings. The number of rotatable bonds is 17. The van der Waals surface area contributed by atoms with Crippen molar-refractivity contribution < 1.29 is 13.2 Å². The normalized spacial score (nSPS) is 12.2. The number of H-pyrrole nitrogens is 1. The summed E-state index contributed by atoms with van der Waals surface area (Å²) in [5.41, 5.74) is 2.54. The van der Waals surface area contributed by atoms with Crippen molar-refractivity contribution in [3.05, 3.63) is 35.0 Å². The van der Waals surface area contributed by atoms with Gasteiger partial charge in [-0.25, -0.2) is 18.2 Å². The van der Waals surface area contributed by atoms with Crippen LogP contribution >= 0.6 is 11.6 Å². The molecular weight excluding hydrogens is 560 g/mol. The molecule has 2 heterocycles. The quantitative estimate of drug-likeness (QED) is 0.137. The van der Waals surface area contributed by atoms with Crippen LogP contribution < -0.4 is 10.6 Å². The van der Waals surface area contributed by atoms with E-state index in [2.05, 4.69) is 53.5 Å². The van der Waals surface area contributed by atoms with Gasteiger partial charge in [0.1, 0.15) is 14.9 Å². The Morgan fingerprint density at radius 3 is 2.24 bits per heavy atom. The van der Waals surface area contributed by atoms with Gasteiger partial charge in [-0.3, -0.25) is 5.10 Å². The van der Waals surface area contributed by atoms with Crippen molar-refractivity contribution in [2.75, 3.05) is 23.4 Å². The number of hydrogen-bond donors (Lipinski definition) is 3. The first-order chi connectivity index (χ1) is 19.5. The number of amides is 2. The third-order valence-electron chi connectivity index (χ3n) is 7.10. The molecule has 0 spiro atoms. The van der Waals surface area contributed by atoms with Crippen molar-refractivity contribution in [2.24, 2.45) is 0 Å². The van der Waals surface area contributed by atoms with Gasteiger partial charge in [-0.15, -0.1) is 5.10 Å². The lowest BCUT2D eigenvalue weighted by atomic mass is 9.92. The van der Waals surface area contributed by atoms with Crippen LogP contribution in [-0.2, 0) is 15.3 Å². The second kappa shape index (κ2) is 15.6. The van der Waals surface area contributed by atoms with Crippen LogP contribution in [0.3, 0.4) is 0 Å². The minimum absolute atomic E-state index is 0.0822. The lowest BCUT2D eigenvalue weighted by molar-refractivity contribution is 0.252. The number of anilines is 1. The van der Waals surface area contributed by atoms with Crippen LogP contribution in [0.2, 0.25) is 5.02 Å². The summed E-state index contributed by atoms with van der Waals surface area (Å²) < 4.78 is 26.3. The highest BCUT2D eigenvalue weighted by Crippen LogP contribution is 2.32. The average molecular weight is 607 g/mol. The van der Waals surface area contributed by atoms with Crippen molar-refractivity contribution in [3.63, 3.8) is 0 Å². The van der Waals surface area contributed by atoms with Gasteiger partial charge in [-0.2, -0.15) is 4.63 Å². The molecule has 0 unspecified atom stereocenters. The largest absolute Gasteiger partial charge is 0.338 e. The monoisotopic (exact) mass is 606 g/mol. The SMILES string of the molecule is CCCCCCCCCCCCS(=O)(=O)CCCNC(=O)Nc1cccc(-c2nc3c(Cl)c(C(C)(C)C)[nH]n3n2)c1. The third-order valence-corrected chi connectivity index (χ3v) is 9.28. The van der Waals surface area contributed by atoms with Crippen LogP contribution in [0.5, 0.6) is 0 Å². The molecule has 3 N–H and O–H groups in total. The molecule has 41 heavy (non-hydrogen) atoms. The smallest absolute Gasteiger partial charge is 0.319 e. The lowest BCUT2D eigenvalue weighted by Gasteiger charge is -2.16. The number of aromatic amines is 1. The minimum Gasteiger partial charge on any atom is -0.338 e. The fourth-order valence-corrected chi connectivity index (χ4v) is 6.62. The first-order valence-electron chi connectivity index (χ1n) is 15.0. The average Bonchev–Trinajstić information content (AvgIpc) is 3.47. The van der Waals surface area contributed by atoms with Crippen molar-refractivity contribution in [2.45, 2.75) is 104 Å². The number of nitrogens with zero attached hydrogens (tertiary/aromatic N) is 3. The van der Waals surface area contributed by atoms with Crippen LogP contribution in [0, 0.1) is 0 Å². The highest BCUT2D eigenvalue weighted by atomic mass is 35.5. The summed E-state index contributed by atoms with van der Waals surface area (Å²) in [6, 6.07) is 6.83. The number of sulfone groups is 1. The Hall–Kier alpha value is -2.59. The highest BCUT2D eigenvalue weighted by Gasteiger charge is 2.24. The molecule has 0 aliphatic carbocycles. The van der Waals surface area contributed by atoms with Crippen LogP contribution in [0.25, 0.3) is 17.0 Å². The summed E-state index contributed by atoms with van der Waals surface area (Å²) >= 11 is 6.54. The molecule has 0 saturated heterocycles. The first-order valence-corrected chi connectivity index (χ1v) is 17.2. The number of unbranched alkanes of at least 4 members (excludes halogenated alkanes) is 9. The number of hydrogen-bond acceptors (Lipinski definition) is 5. The number of aromatic nitrogens is 4. The van der Waals surface area contributed by atoms with E-state index in [1.165, 1.54) is 44.9 Å². The Morgan fingerprint density at radius 1 is 0.976 bits per heavy atom. The molecule has 0 bridgehead atoms. The standard InChI is InChI=1S/C30H47ClN6O3S/c1-5-6-7-8-9-10-11-12-13-14-20-41(39,40)21-16-19-32-29(38)33-24-18-15-17-23(22-24)27-34-28-25(31)26(30(2,3)4)35-37(28)36-27/h15,17-18,22,35H,5-14,16,19-21H2,1-4H3,(H2,32,33,38). The lowest BCUT2D eigenvalue weighted by Crippen LogP contribution is -2.30. The molecule has 0 aliphatic rings. The molecule has 2 aromatic heterocycles. The molecule has 2 amide bonds. The van der Waals surface area contributed by atoms with Crippen molar-refractivity contribution in [1.29, 1.82) is 0 Å². The van der Waals surface area contributed by atoms with E-state index in [0.717, 1.165) is 24.1 Å². The predicted octanol–water partition coefficient (Wildman–Crippen LogP) is 7.52. The maximum Gasteiger partial charge on any atom is 0.319 e. The van der Waals surface area contributed by atoms with Crippen LogP contribution in [0.4, 0.5) is 10.5 Å². The van der Waals surface area contributed by atoms with E-state index < -0.39 is 15.9 Å². The molecule has 1 aromatic carbocycles. The first kappa shape index (κ1) is 32.9. The van der Waals surface area contributed by atoms with Gasteiger partial charge >= 0.3 is 6.03 Å². The third kappa shape index (κ3) is 10.6. The fourth-order valence-electron chi connectivity index (χ4n) is 4.73. The molecule has 3 rings (SSSR count). The molecular formula is C30H47ClN6O3S. The number of carbonyl (C=O) groups is 1. The maximum absolute atomic E-state index is 12.4. The Balaban J connectivity index is 1.36.